The van der Waals surface area contributed by atoms with Gasteiger partial charge in [0, 0.05) is 18.6 Å². The molecule has 0 amide bonds. The minimum atomic E-state index is 0.481. The molecule has 0 bridgehead atoms. The predicted molar refractivity (Wildman–Crippen MR) is 60.1 cm³/mol. The van der Waals surface area contributed by atoms with E-state index in [1.54, 1.807) is 0 Å². The van der Waals surface area contributed by atoms with Gasteiger partial charge in [0.05, 0.1) is 0 Å². The summed E-state index contributed by atoms with van der Waals surface area (Å²) in [6, 6.07) is 1.29. The lowest BCUT2D eigenvalue weighted by Crippen LogP contribution is -2.44. The van der Waals surface area contributed by atoms with E-state index in [4.69, 9.17) is 5.73 Å². The van der Waals surface area contributed by atoms with Gasteiger partial charge in [-0.05, 0) is 44.1 Å². The molecule has 2 N–H and O–H groups in total. The third-order valence-corrected chi connectivity index (χ3v) is 4.33. The summed E-state index contributed by atoms with van der Waals surface area (Å²) in [6.07, 6.45) is 5.20. The molecule has 4 atom stereocenters. The van der Waals surface area contributed by atoms with Crippen LogP contribution in [0.4, 0.5) is 0 Å². The standard InChI is InChI=1S/C12H24N2/c1-9-5-6-14(8-10(9)2)12-4-3-11(13)7-12/h9-12H,3-8,13H2,1-2H3. The van der Waals surface area contributed by atoms with Crippen molar-refractivity contribution in [2.45, 2.75) is 51.6 Å². The highest BCUT2D eigenvalue weighted by Gasteiger charge is 2.31. The van der Waals surface area contributed by atoms with Crippen molar-refractivity contribution >= 4 is 0 Å². The number of nitrogens with zero attached hydrogens (tertiary/aromatic N) is 1. The van der Waals surface area contributed by atoms with Crippen LogP contribution in [0.15, 0.2) is 0 Å². The van der Waals surface area contributed by atoms with Crippen LogP contribution in [0.1, 0.15) is 39.5 Å². The molecule has 0 aromatic heterocycles. The number of hydrogen-bond donors (Lipinski definition) is 1. The van der Waals surface area contributed by atoms with Crippen molar-refractivity contribution in [3.8, 4) is 0 Å². The Labute approximate surface area is 87.8 Å². The van der Waals surface area contributed by atoms with E-state index in [2.05, 4.69) is 18.7 Å². The average molecular weight is 196 g/mol. The number of nitrogens with two attached hydrogens (primary N) is 1. The Bertz CT molecular complexity index is 193. The maximum atomic E-state index is 5.97. The largest absolute Gasteiger partial charge is 0.328 e. The van der Waals surface area contributed by atoms with Crippen LogP contribution < -0.4 is 5.73 Å². The van der Waals surface area contributed by atoms with Gasteiger partial charge in [0.15, 0.2) is 0 Å². The van der Waals surface area contributed by atoms with Crippen LogP contribution in [-0.4, -0.2) is 30.1 Å². The fraction of sp³-hybridized carbons (Fsp3) is 1.00. The van der Waals surface area contributed by atoms with Gasteiger partial charge in [-0.1, -0.05) is 13.8 Å². The molecule has 2 aliphatic rings. The summed E-state index contributed by atoms with van der Waals surface area (Å²) in [6.45, 7) is 7.40. The third-order valence-electron chi connectivity index (χ3n) is 4.33. The lowest BCUT2D eigenvalue weighted by molar-refractivity contribution is 0.0971. The zero-order valence-electron chi connectivity index (χ0n) is 9.58. The Morgan fingerprint density at radius 2 is 1.86 bits per heavy atom. The van der Waals surface area contributed by atoms with Crippen molar-refractivity contribution < 1.29 is 0 Å². The van der Waals surface area contributed by atoms with E-state index < -0.39 is 0 Å². The van der Waals surface area contributed by atoms with Gasteiger partial charge in [-0.15, -0.1) is 0 Å². The van der Waals surface area contributed by atoms with Gasteiger partial charge in [0.2, 0.25) is 0 Å². The molecule has 2 rings (SSSR count). The maximum absolute atomic E-state index is 5.97. The van der Waals surface area contributed by atoms with Gasteiger partial charge in [-0.2, -0.15) is 0 Å². The Morgan fingerprint density at radius 1 is 1.07 bits per heavy atom. The van der Waals surface area contributed by atoms with Gasteiger partial charge < -0.3 is 10.6 Å². The van der Waals surface area contributed by atoms with Crippen molar-refractivity contribution in [1.29, 1.82) is 0 Å². The van der Waals surface area contributed by atoms with Gasteiger partial charge in [-0.25, -0.2) is 0 Å². The molecule has 2 heteroatoms. The summed E-state index contributed by atoms with van der Waals surface area (Å²) in [5.41, 5.74) is 5.97. The number of hydrogen-bond acceptors (Lipinski definition) is 2. The quantitative estimate of drug-likeness (QED) is 0.693. The third kappa shape index (κ3) is 2.12. The first-order chi connectivity index (χ1) is 6.66. The smallest absolute Gasteiger partial charge is 0.0111 e. The second-order valence-corrected chi connectivity index (χ2v) is 5.47. The molecule has 0 radical (unpaired) electrons. The van der Waals surface area contributed by atoms with Crippen LogP contribution in [0, 0.1) is 11.8 Å². The first kappa shape index (κ1) is 10.4. The van der Waals surface area contributed by atoms with Gasteiger partial charge in [-0.3, -0.25) is 0 Å². The molecular weight excluding hydrogens is 172 g/mol. The first-order valence-corrected chi connectivity index (χ1v) is 6.16. The molecule has 1 saturated carbocycles. The van der Waals surface area contributed by atoms with Gasteiger partial charge in [0.25, 0.3) is 0 Å². The lowest BCUT2D eigenvalue weighted by Gasteiger charge is -2.39. The zero-order valence-corrected chi connectivity index (χ0v) is 9.58. The fourth-order valence-electron chi connectivity index (χ4n) is 2.95. The van der Waals surface area contributed by atoms with E-state index in [1.165, 1.54) is 38.8 Å². The van der Waals surface area contributed by atoms with E-state index in [1.807, 2.05) is 0 Å². The van der Waals surface area contributed by atoms with Crippen molar-refractivity contribution in [3.05, 3.63) is 0 Å². The van der Waals surface area contributed by atoms with E-state index >= 15 is 0 Å². The maximum Gasteiger partial charge on any atom is 0.0111 e. The number of likely N-dealkylation sites (tertiary alicyclic amines) is 1. The van der Waals surface area contributed by atoms with E-state index in [-0.39, 0.29) is 0 Å². The molecule has 0 aromatic rings. The molecule has 1 aliphatic heterocycles. The summed E-state index contributed by atoms with van der Waals surface area (Å²) in [5, 5.41) is 0. The highest BCUT2D eigenvalue weighted by molar-refractivity contribution is 4.88. The second-order valence-electron chi connectivity index (χ2n) is 5.47. The average Bonchev–Trinajstić information content (AvgIpc) is 2.57. The molecule has 0 aromatic carbocycles. The molecule has 1 saturated heterocycles. The van der Waals surface area contributed by atoms with Crippen molar-refractivity contribution in [3.63, 3.8) is 0 Å². The highest BCUT2D eigenvalue weighted by atomic mass is 15.2. The zero-order chi connectivity index (χ0) is 10.1. The minimum absolute atomic E-state index is 0.481. The van der Waals surface area contributed by atoms with Gasteiger partial charge in [0.1, 0.15) is 0 Å². The summed E-state index contributed by atoms with van der Waals surface area (Å²) < 4.78 is 0. The van der Waals surface area contributed by atoms with Crippen LogP contribution in [-0.2, 0) is 0 Å². The van der Waals surface area contributed by atoms with E-state index in [9.17, 15) is 0 Å². The summed E-state index contributed by atoms with van der Waals surface area (Å²) in [7, 11) is 0. The SMILES string of the molecule is CC1CCN(C2CCC(N)C2)CC1C. The normalized spacial score (nSPS) is 45.6. The van der Waals surface area contributed by atoms with Crippen LogP contribution in [0.2, 0.25) is 0 Å². The monoisotopic (exact) mass is 196 g/mol. The van der Waals surface area contributed by atoms with Crippen molar-refractivity contribution in [1.82, 2.24) is 4.90 Å². The van der Waals surface area contributed by atoms with E-state index in [0.717, 1.165) is 17.9 Å². The second kappa shape index (κ2) is 4.19. The molecule has 2 fully saturated rings. The fourth-order valence-corrected chi connectivity index (χ4v) is 2.95. The molecule has 2 nitrogen and oxygen atoms in total. The van der Waals surface area contributed by atoms with Crippen LogP contribution in [0.5, 0.6) is 0 Å². The highest BCUT2D eigenvalue weighted by Crippen LogP contribution is 2.29. The molecule has 14 heavy (non-hydrogen) atoms. The van der Waals surface area contributed by atoms with Crippen molar-refractivity contribution in [2.75, 3.05) is 13.1 Å². The Morgan fingerprint density at radius 3 is 2.43 bits per heavy atom. The Hall–Kier alpha value is -0.0800. The van der Waals surface area contributed by atoms with Crippen molar-refractivity contribution in [2.24, 2.45) is 17.6 Å². The van der Waals surface area contributed by atoms with E-state index in [0.29, 0.717) is 6.04 Å². The molecule has 1 heterocycles. The summed E-state index contributed by atoms with van der Waals surface area (Å²) >= 11 is 0. The summed E-state index contributed by atoms with van der Waals surface area (Å²) in [5.74, 6) is 1.79. The first-order valence-electron chi connectivity index (χ1n) is 6.16. The van der Waals surface area contributed by atoms with Crippen LogP contribution >= 0.6 is 0 Å². The molecule has 0 spiro atoms. The van der Waals surface area contributed by atoms with Gasteiger partial charge >= 0.3 is 0 Å². The van der Waals surface area contributed by atoms with Crippen LogP contribution in [0.3, 0.4) is 0 Å². The molecule has 82 valence electrons. The number of piperidine rings is 1. The Kier molecular flexibility index (Phi) is 3.13. The predicted octanol–water partition coefficient (Wildman–Crippen LogP) is 1.84. The molecule has 4 unspecified atom stereocenters. The Balaban J connectivity index is 1.87. The number of rotatable bonds is 1. The minimum Gasteiger partial charge on any atom is -0.328 e. The topological polar surface area (TPSA) is 29.3 Å². The summed E-state index contributed by atoms with van der Waals surface area (Å²) in [4.78, 5) is 2.69. The molecule has 1 aliphatic carbocycles. The van der Waals surface area contributed by atoms with Crippen LogP contribution in [0.25, 0.3) is 0 Å². The molecular formula is C12H24N2. The lowest BCUT2D eigenvalue weighted by atomic mass is 9.88.